The summed E-state index contributed by atoms with van der Waals surface area (Å²) in [6.07, 6.45) is 0. The molecule has 0 fully saturated rings. The Bertz CT molecular complexity index is 480. The number of hydrogen-bond acceptors (Lipinski definition) is 5. The van der Waals surface area contributed by atoms with E-state index in [1.54, 1.807) is 39.0 Å². The molecule has 0 aliphatic rings. The van der Waals surface area contributed by atoms with E-state index in [0.29, 0.717) is 0 Å². The number of ether oxygens (including phenoxy) is 3. The van der Waals surface area contributed by atoms with Gasteiger partial charge in [-0.25, -0.2) is 9.59 Å². The average Bonchev–Trinajstić information content (AvgIpc) is 2.36. The van der Waals surface area contributed by atoms with Crippen LogP contribution in [0.5, 0.6) is 5.75 Å². The van der Waals surface area contributed by atoms with Crippen molar-refractivity contribution in [2.45, 2.75) is 32.2 Å². The fraction of sp³-hybridized carbons (Fsp3) is 0.429. The van der Waals surface area contributed by atoms with Crippen LogP contribution in [0.15, 0.2) is 30.3 Å². The van der Waals surface area contributed by atoms with Crippen LogP contribution in [0, 0.1) is 0 Å². The van der Waals surface area contributed by atoms with Crippen molar-refractivity contribution >= 4 is 11.9 Å². The Balaban J connectivity index is 3.04. The monoisotopic (exact) mass is 284 g/mol. The van der Waals surface area contributed by atoms with E-state index in [1.807, 2.05) is 0 Å². The lowest BCUT2D eigenvalue weighted by atomic mass is 10.2. The molecule has 0 amide bonds. The fourth-order valence-corrected chi connectivity index (χ4v) is 1.29. The number of esters is 2. The first-order valence-corrected chi connectivity index (χ1v) is 5.94. The molecule has 1 rings (SSSR count). The van der Waals surface area contributed by atoms with E-state index in [0.717, 1.165) is 7.11 Å². The molecule has 0 spiro atoms. The Hall–Kier alpha value is -2.11. The van der Waals surface area contributed by atoms with Crippen LogP contribution in [-0.2, 0) is 19.1 Å². The lowest BCUT2D eigenvalue weighted by molar-refractivity contribution is -0.204. The van der Waals surface area contributed by atoms with Crippen LogP contribution in [0.3, 0.4) is 0 Å². The van der Waals surface area contributed by atoms with Crippen LogP contribution in [0.4, 0.5) is 4.39 Å². The normalized spacial score (nSPS) is 14.1. The predicted molar refractivity (Wildman–Crippen MR) is 68.8 cm³/mol. The number of para-hydroxylation sites is 1. The van der Waals surface area contributed by atoms with Gasteiger partial charge in [0.2, 0.25) is 0 Å². The van der Waals surface area contributed by atoms with E-state index in [9.17, 15) is 14.0 Å². The van der Waals surface area contributed by atoms with Crippen LogP contribution in [0.2, 0.25) is 0 Å². The van der Waals surface area contributed by atoms with Crippen molar-refractivity contribution in [2.75, 3.05) is 7.11 Å². The van der Waals surface area contributed by atoms with Gasteiger partial charge in [-0.15, -0.1) is 0 Å². The zero-order valence-electron chi connectivity index (χ0n) is 11.8. The summed E-state index contributed by atoms with van der Waals surface area (Å²) in [5, 5.41) is 0. The van der Waals surface area contributed by atoms with Crippen molar-refractivity contribution in [2.24, 2.45) is 0 Å². The van der Waals surface area contributed by atoms with Gasteiger partial charge in [0.1, 0.15) is 11.4 Å². The van der Waals surface area contributed by atoms with Gasteiger partial charge in [0.05, 0.1) is 7.11 Å². The number of hydrogen-bond donors (Lipinski definition) is 0. The second-order valence-corrected chi connectivity index (χ2v) is 5.00. The van der Waals surface area contributed by atoms with Gasteiger partial charge in [0.15, 0.2) is 0 Å². The molecule has 0 unspecified atom stereocenters. The third-order valence-corrected chi connectivity index (χ3v) is 2.11. The Morgan fingerprint density at radius 2 is 1.60 bits per heavy atom. The minimum atomic E-state index is -3.34. The molecule has 20 heavy (non-hydrogen) atoms. The fourth-order valence-electron chi connectivity index (χ4n) is 1.29. The predicted octanol–water partition coefficient (Wildman–Crippen LogP) is 2.25. The Kier molecular flexibility index (Phi) is 4.70. The van der Waals surface area contributed by atoms with Crippen molar-refractivity contribution < 1.29 is 28.2 Å². The maximum Gasteiger partial charge on any atom is 0.444 e. The molecule has 0 saturated carbocycles. The quantitative estimate of drug-likeness (QED) is 0.627. The summed E-state index contributed by atoms with van der Waals surface area (Å²) in [5.41, 5.74) is -0.970. The number of methoxy groups -OCH3 is 1. The molecular formula is C14H17FO5. The number of rotatable bonds is 4. The molecule has 0 radical (unpaired) electrons. The number of benzene rings is 1. The minimum Gasteiger partial charge on any atom is -0.463 e. The SMILES string of the molecule is COC(=O)[C@@](F)(Oc1ccccc1)C(=O)OC(C)(C)C. The second-order valence-electron chi connectivity index (χ2n) is 5.00. The Labute approximate surface area is 116 Å². The first-order chi connectivity index (χ1) is 9.19. The summed E-state index contributed by atoms with van der Waals surface area (Å²) in [6.45, 7) is 4.64. The van der Waals surface area contributed by atoms with Crippen molar-refractivity contribution in [3.05, 3.63) is 30.3 Å². The van der Waals surface area contributed by atoms with Crippen molar-refractivity contribution in [1.29, 1.82) is 0 Å². The van der Waals surface area contributed by atoms with E-state index in [1.165, 1.54) is 12.1 Å². The van der Waals surface area contributed by atoms with Gasteiger partial charge in [0.25, 0.3) is 0 Å². The Morgan fingerprint density at radius 3 is 2.05 bits per heavy atom. The second kappa shape index (κ2) is 5.90. The largest absolute Gasteiger partial charge is 0.463 e. The minimum absolute atomic E-state index is 0.00580. The summed E-state index contributed by atoms with van der Waals surface area (Å²) in [6, 6.07) is 7.63. The van der Waals surface area contributed by atoms with Gasteiger partial charge >= 0.3 is 17.8 Å². The summed E-state index contributed by atoms with van der Waals surface area (Å²) in [4.78, 5) is 23.4. The zero-order valence-corrected chi connectivity index (χ0v) is 11.8. The molecule has 0 aliphatic heterocycles. The number of carbonyl (C=O) groups excluding carboxylic acids is 2. The van der Waals surface area contributed by atoms with E-state index in [4.69, 9.17) is 9.47 Å². The van der Waals surface area contributed by atoms with Crippen LogP contribution in [0.1, 0.15) is 20.8 Å². The molecule has 0 N–H and O–H groups in total. The van der Waals surface area contributed by atoms with E-state index in [2.05, 4.69) is 4.74 Å². The first kappa shape index (κ1) is 15.9. The molecule has 0 saturated heterocycles. The Morgan fingerprint density at radius 1 is 1.05 bits per heavy atom. The third kappa shape index (κ3) is 3.94. The number of halogens is 1. The maximum atomic E-state index is 14.6. The zero-order chi connectivity index (χ0) is 15.4. The third-order valence-electron chi connectivity index (χ3n) is 2.11. The molecule has 5 nitrogen and oxygen atoms in total. The number of alkyl halides is 1. The van der Waals surface area contributed by atoms with E-state index >= 15 is 0 Å². The van der Waals surface area contributed by atoms with Gasteiger partial charge in [-0.05, 0) is 32.9 Å². The maximum absolute atomic E-state index is 14.6. The molecular weight excluding hydrogens is 267 g/mol. The molecule has 0 aliphatic carbocycles. The van der Waals surface area contributed by atoms with E-state index < -0.39 is 23.4 Å². The summed E-state index contributed by atoms with van der Waals surface area (Å²) in [5.74, 6) is -6.27. The van der Waals surface area contributed by atoms with Gasteiger partial charge in [-0.2, -0.15) is 4.39 Å². The highest BCUT2D eigenvalue weighted by molar-refractivity contribution is 6.02. The lowest BCUT2D eigenvalue weighted by Gasteiger charge is -2.26. The van der Waals surface area contributed by atoms with Gasteiger partial charge in [0, 0.05) is 0 Å². The van der Waals surface area contributed by atoms with Crippen molar-refractivity contribution in [3.8, 4) is 5.75 Å². The molecule has 1 aromatic rings. The highest BCUT2D eigenvalue weighted by atomic mass is 19.2. The summed E-state index contributed by atoms with van der Waals surface area (Å²) < 4.78 is 28.6. The van der Waals surface area contributed by atoms with Crippen LogP contribution in [0.25, 0.3) is 0 Å². The molecule has 110 valence electrons. The molecule has 1 atom stereocenters. The van der Waals surface area contributed by atoms with Crippen LogP contribution >= 0.6 is 0 Å². The van der Waals surface area contributed by atoms with Gasteiger partial charge in [-0.3, -0.25) is 0 Å². The highest BCUT2D eigenvalue weighted by Crippen LogP contribution is 2.24. The van der Waals surface area contributed by atoms with Gasteiger partial charge < -0.3 is 14.2 Å². The smallest absolute Gasteiger partial charge is 0.444 e. The first-order valence-electron chi connectivity index (χ1n) is 5.94. The molecule has 0 aromatic heterocycles. The summed E-state index contributed by atoms with van der Waals surface area (Å²) >= 11 is 0. The molecule has 6 heteroatoms. The van der Waals surface area contributed by atoms with Gasteiger partial charge in [-0.1, -0.05) is 18.2 Å². The molecule has 0 heterocycles. The molecule has 0 bridgehead atoms. The topological polar surface area (TPSA) is 61.8 Å². The van der Waals surface area contributed by atoms with Crippen LogP contribution < -0.4 is 4.74 Å². The molecule has 1 aromatic carbocycles. The standard InChI is InChI=1S/C14H17FO5/c1-13(2,3)20-12(17)14(15,11(16)18-4)19-10-8-6-5-7-9-10/h5-9H,1-4H3/t14-/m1/s1. The van der Waals surface area contributed by atoms with Crippen molar-refractivity contribution in [3.63, 3.8) is 0 Å². The summed E-state index contributed by atoms with van der Waals surface area (Å²) in [7, 11) is 0.954. The average molecular weight is 284 g/mol. The van der Waals surface area contributed by atoms with Crippen LogP contribution in [-0.4, -0.2) is 30.5 Å². The van der Waals surface area contributed by atoms with Crippen molar-refractivity contribution in [1.82, 2.24) is 0 Å². The number of carbonyl (C=O) groups is 2. The van der Waals surface area contributed by atoms with E-state index in [-0.39, 0.29) is 5.75 Å². The lowest BCUT2D eigenvalue weighted by Crippen LogP contribution is -2.51. The highest BCUT2D eigenvalue weighted by Gasteiger charge is 2.54.